The molecule has 0 saturated heterocycles. The molecule has 0 atom stereocenters. The summed E-state index contributed by atoms with van der Waals surface area (Å²) in [7, 11) is 0. The highest BCUT2D eigenvalue weighted by molar-refractivity contribution is 5.80. The Bertz CT molecular complexity index is 1420. The molecular weight excluding hydrogens is 477 g/mol. The summed E-state index contributed by atoms with van der Waals surface area (Å²) >= 11 is 0. The first kappa shape index (κ1) is 24.8. The van der Waals surface area contributed by atoms with Crippen molar-refractivity contribution in [3.63, 3.8) is 0 Å². The van der Waals surface area contributed by atoms with Crippen molar-refractivity contribution in [2.24, 2.45) is 0 Å². The van der Waals surface area contributed by atoms with Crippen LogP contribution in [-0.4, -0.2) is 18.7 Å². The van der Waals surface area contributed by atoms with Gasteiger partial charge in [0.05, 0.1) is 11.5 Å². The van der Waals surface area contributed by atoms with E-state index in [2.05, 4.69) is 0 Å². The molecule has 0 fully saturated rings. The molecule has 0 amide bonds. The minimum Gasteiger partial charge on any atom is -0.482 e. The highest BCUT2D eigenvalue weighted by atomic mass is 19.4. The fourth-order valence-corrected chi connectivity index (χ4v) is 3.43. The Hall–Kier alpha value is -4.27. The summed E-state index contributed by atoms with van der Waals surface area (Å²) in [5.74, 6) is -3.13. The van der Waals surface area contributed by atoms with Gasteiger partial charge in [0.1, 0.15) is 17.1 Å². The van der Waals surface area contributed by atoms with Gasteiger partial charge in [-0.15, -0.1) is 0 Å². The van der Waals surface area contributed by atoms with Crippen LogP contribution in [0.4, 0.5) is 13.2 Å². The molecule has 0 aliphatic heterocycles. The average Bonchev–Trinajstić information content (AvgIpc) is 2.84. The van der Waals surface area contributed by atoms with Crippen LogP contribution in [0.3, 0.4) is 0 Å². The molecule has 36 heavy (non-hydrogen) atoms. The first-order valence-corrected chi connectivity index (χ1v) is 11.0. The maximum absolute atomic E-state index is 13.8. The summed E-state index contributed by atoms with van der Waals surface area (Å²) < 4.78 is 62.1. The molecule has 1 aromatic heterocycles. The molecule has 0 saturated carbocycles. The van der Waals surface area contributed by atoms with E-state index in [9.17, 15) is 22.8 Å². The van der Waals surface area contributed by atoms with E-state index in [1.165, 1.54) is 24.3 Å². The van der Waals surface area contributed by atoms with Gasteiger partial charge in [-0.3, -0.25) is 4.79 Å². The third-order valence-corrected chi connectivity index (χ3v) is 4.98. The lowest BCUT2D eigenvalue weighted by Gasteiger charge is -2.14. The van der Waals surface area contributed by atoms with Crippen molar-refractivity contribution >= 4 is 16.9 Å². The van der Waals surface area contributed by atoms with Crippen LogP contribution in [0.5, 0.6) is 17.2 Å². The predicted molar refractivity (Wildman–Crippen MR) is 126 cm³/mol. The van der Waals surface area contributed by atoms with Gasteiger partial charge >= 0.3 is 12.1 Å². The van der Waals surface area contributed by atoms with Gasteiger partial charge in [0.25, 0.3) is 5.76 Å². The Kier molecular flexibility index (Phi) is 7.00. The number of benzene rings is 3. The molecule has 0 N–H and O–H groups in total. The molecule has 4 rings (SSSR count). The predicted octanol–water partition coefficient (Wildman–Crippen LogP) is 6.60. The zero-order valence-corrected chi connectivity index (χ0v) is 19.3. The Morgan fingerprint density at radius 1 is 0.917 bits per heavy atom. The minimum absolute atomic E-state index is 0.0321. The third-order valence-electron chi connectivity index (χ3n) is 4.98. The summed E-state index contributed by atoms with van der Waals surface area (Å²) in [6, 6.07) is 19.4. The lowest BCUT2D eigenvalue weighted by molar-refractivity contribution is -0.154. The number of alkyl halides is 3. The number of esters is 1. The lowest BCUT2D eigenvalue weighted by Crippen LogP contribution is -2.19. The first-order valence-electron chi connectivity index (χ1n) is 11.0. The monoisotopic (exact) mass is 498 g/mol. The van der Waals surface area contributed by atoms with Crippen LogP contribution in [0, 0.1) is 0 Å². The van der Waals surface area contributed by atoms with Gasteiger partial charge in [0.15, 0.2) is 6.61 Å². The van der Waals surface area contributed by atoms with E-state index in [-0.39, 0.29) is 28.6 Å². The molecule has 6 nitrogen and oxygen atoms in total. The number of ether oxygens (including phenoxy) is 3. The second kappa shape index (κ2) is 10.2. The number of hydrogen-bond donors (Lipinski definition) is 0. The van der Waals surface area contributed by atoms with Crippen molar-refractivity contribution in [2.45, 2.75) is 26.1 Å². The molecule has 0 unspecified atom stereocenters. The van der Waals surface area contributed by atoms with E-state index in [1.807, 2.05) is 30.3 Å². The normalized spacial score (nSPS) is 11.5. The maximum Gasteiger partial charge on any atom is 0.453 e. The number of rotatable bonds is 7. The number of carbonyl (C=O) groups is 1. The largest absolute Gasteiger partial charge is 0.482 e. The fourth-order valence-electron chi connectivity index (χ4n) is 3.43. The first-order chi connectivity index (χ1) is 17.1. The van der Waals surface area contributed by atoms with Gasteiger partial charge in [0.2, 0.25) is 11.2 Å². The average molecular weight is 498 g/mol. The smallest absolute Gasteiger partial charge is 0.453 e. The molecule has 0 aliphatic rings. The number of fused-ring (bicyclic) bond motifs is 1. The van der Waals surface area contributed by atoms with Gasteiger partial charge in [-0.25, -0.2) is 4.79 Å². The lowest BCUT2D eigenvalue weighted by atomic mass is 10.1. The molecule has 4 aromatic rings. The second-order valence-electron chi connectivity index (χ2n) is 8.06. The molecule has 0 radical (unpaired) electrons. The SMILES string of the molecule is CC(C)OC(=O)COc1ccc2c(=O)c(Oc3ccc(-c4ccccc4)cc3)c(C(F)(F)F)oc2c1. The van der Waals surface area contributed by atoms with Gasteiger partial charge in [-0.1, -0.05) is 42.5 Å². The molecule has 3 aromatic carbocycles. The Morgan fingerprint density at radius 2 is 1.56 bits per heavy atom. The van der Waals surface area contributed by atoms with Crippen LogP contribution in [0.1, 0.15) is 19.6 Å². The Balaban J connectivity index is 1.65. The van der Waals surface area contributed by atoms with Crippen molar-refractivity contribution in [1.29, 1.82) is 0 Å². The van der Waals surface area contributed by atoms with Gasteiger partial charge < -0.3 is 18.6 Å². The highest BCUT2D eigenvalue weighted by Gasteiger charge is 2.40. The number of halogens is 3. The third kappa shape index (κ3) is 5.68. The van der Waals surface area contributed by atoms with Crippen LogP contribution in [0.25, 0.3) is 22.1 Å². The van der Waals surface area contributed by atoms with Crippen LogP contribution in [0.2, 0.25) is 0 Å². The van der Waals surface area contributed by atoms with E-state index in [4.69, 9.17) is 18.6 Å². The van der Waals surface area contributed by atoms with E-state index in [1.54, 1.807) is 26.0 Å². The van der Waals surface area contributed by atoms with Crippen molar-refractivity contribution in [1.82, 2.24) is 0 Å². The summed E-state index contributed by atoms with van der Waals surface area (Å²) in [6.45, 7) is 2.87. The van der Waals surface area contributed by atoms with Gasteiger partial charge in [-0.2, -0.15) is 13.2 Å². The van der Waals surface area contributed by atoms with E-state index >= 15 is 0 Å². The fraction of sp³-hybridized carbons (Fsp3) is 0.185. The Morgan fingerprint density at radius 3 is 2.19 bits per heavy atom. The van der Waals surface area contributed by atoms with Crippen molar-refractivity contribution in [3.05, 3.63) is 88.8 Å². The van der Waals surface area contributed by atoms with E-state index in [0.717, 1.165) is 17.2 Å². The summed E-state index contributed by atoms with van der Waals surface area (Å²) in [4.78, 5) is 24.7. The molecule has 0 aliphatic carbocycles. The van der Waals surface area contributed by atoms with Crippen LogP contribution >= 0.6 is 0 Å². The van der Waals surface area contributed by atoms with E-state index in [0.29, 0.717) is 0 Å². The molecule has 9 heteroatoms. The van der Waals surface area contributed by atoms with Crippen LogP contribution < -0.4 is 14.9 Å². The zero-order valence-electron chi connectivity index (χ0n) is 19.3. The molecule has 1 heterocycles. The molecule has 186 valence electrons. The van der Waals surface area contributed by atoms with Crippen molar-refractivity contribution < 1.29 is 36.6 Å². The van der Waals surface area contributed by atoms with Crippen molar-refractivity contribution in [3.8, 4) is 28.4 Å². The van der Waals surface area contributed by atoms with Gasteiger partial charge in [-0.05, 0) is 49.2 Å². The molecule has 0 spiro atoms. The standard InChI is InChI=1S/C27H21F3O6/c1-16(2)34-23(31)15-33-20-12-13-21-22(14-20)36-26(27(28,29)30)25(24(21)32)35-19-10-8-18(9-11-19)17-6-4-3-5-7-17/h3-14,16H,15H2,1-2H3. The van der Waals surface area contributed by atoms with Crippen LogP contribution in [-0.2, 0) is 15.7 Å². The molecular formula is C27H21F3O6. The number of carbonyl (C=O) groups excluding carboxylic acids is 1. The topological polar surface area (TPSA) is 75.0 Å². The Labute approximate surface area is 203 Å². The number of hydrogen-bond acceptors (Lipinski definition) is 6. The summed E-state index contributed by atoms with van der Waals surface area (Å²) in [6.07, 6.45) is -5.36. The maximum atomic E-state index is 13.8. The highest BCUT2D eigenvalue weighted by Crippen LogP contribution is 2.39. The second-order valence-corrected chi connectivity index (χ2v) is 8.06. The summed E-state index contributed by atoms with van der Waals surface area (Å²) in [5.41, 5.74) is 0.380. The van der Waals surface area contributed by atoms with Crippen molar-refractivity contribution in [2.75, 3.05) is 6.61 Å². The zero-order chi connectivity index (χ0) is 25.9. The van der Waals surface area contributed by atoms with Crippen LogP contribution in [0.15, 0.2) is 82.0 Å². The van der Waals surface area contributed by atoms with E-state index < -0.39 is 35.7 Å². The molecule has 0 bridgehead atoms. The minimum atomic E-state index is -5.01. The summed E-state index contributed by atoms with van der Waals surface area (Å²) in [5, 5.41) is -0.143. The van der Waals surface area contributed by atoms with Gasteiger partial charge in [0, 0.05) is 6.07 Å². The quantitative estimate of drug-likeness (QED) is 0.267.